The highest BCUT2D eigenvalue weighted by atomic mass is 16.6. The first-order valence-electron chi connectivity index (χ1n) is 3.47. The molecule has 11 heavy (non-hydrogen) atoms. The number of hydrogen-bond donors (Lipinski definition) is 1. The van der Waals surface area contributed by atoms with E-state index in [1.165, 1.54) is 0 Å². The summed E-state index contributed by atoms with van der Waals surface area (Å²) in [7, 11) is 0. The quantitative estimate of drug-likeness (QED) is 0.657. The van der Waals surface area contributed by atoms with Crippen molar-refractivity contribution >= 4 is 0 Å². The van der Waals surface area contributed by atoms with Gasteiger partial charge in [-0.05, 0) is 24.6 Å². The molecule has 0 aliphatic carbocycles. The Bertz CT molecular complexity index is 199. The largest absolute Gasteiger partial charge is 0.368 e. The molecule has 0 spiro atoms. The van der Waals surface area contributed by atoms with Crippen LogP contribution in [0.3, 0.4) is 0 Å². The molecule has 1 heterocycles. The van der Waals surface area contributed by atoms with Gasteiger partial charge in [-0.15, -0.1) is 0 Å². The number of aliphatic hydroxyl groups is 1. The summed E-state index contributed by atoms with van der Waals surface area (Å²) in [4.78, 5) is 3.85. The van der Waals surface area contributed by atoms with E-state index >= 15 is 0 Å². The molecule has 1 atom stereocenters. The minimum Gasteiger partial charge on any atom is -0.368 e. The standard InChI is InChI=1S/C8H11NO2/c1-7(10)11-6-8-2-4-9-5-3-8/h2-5,7,10H,6H2,1H3. The minimum absolute atomic E-state index is 0.431. The molecule has 0 radical (unpaired) electrons. The Morgan fingerprint density at radius 3 is 2.73 bits per heavy atom. The van der Waals surface area contributed by atoms with Crippen molar-refractivity contribution in [3.63, 3.8) is 0 Å². The summed E-state index contributed by atoms with van der Waals surface area (Å²) in [5.74, 6) is 0. The van der Waals surface area contributed by atoms with Gasteiger partial charge in [-0.25, -0.2) is 0 Å². The van der Waals surface area contributed by atoms with Gasteiger partial charge in [0.1, 0.15) is 0 Å². The average Bonchev–Trinajstić information content (AvgIpc) is 2.03. The van der Waals surface area contributed by atoms with Crippen LogP contribution in [0.2, 0.25) is 0 Å². The first-order chi connectivity index (χ1) is 5.29. The Morgan fingerprint density at radius 1 is 1.55 bits per heavy atom. The van der Waals surface area contributed by atoms with Crippen molar-refractivity contribution in [2.24, 2.45) is 0 Å². The molecule has 1 unspecified atom stereocenters. The highest BCUT2D eigenvalue weighted by molar-refractivity contribution is 5.07. The second-order valence-corrected chi connectivity index (χ2v) is 2.27. The number of aromatic nitrogens is 1. The van der Waals surface area contributed by atoms with Crippen molar-refractivity contribution in [1.29, 1.82) is 0 Å². The lowest BCUT2D eigenvalue weighted by Crippen LogP contribution is -2.05. The maximum atomic E-state index is 8.78. The molecule has 1 N–H and O–H groups in total. The number of nitrogens with zero attached hydrogens (tertiary/aromatic N) is 1. The van der Waals surface area contributed by atoms with Gasteiger partial charge in [0.25, 0.3) is 0 Å². The Balaban J connectivity index is 2.39. The van der Waals surface area contributed by atoms with Crippen LogP contribution in [-0.4, -0.2) is 16.4 Å². The second-order valence-electron chi connectivity index (χ2n) is 2.27. The van der Waals surface area contributed by atoms with Gasteiger partial charge >= 0.3 is 0 Å². The van der Waals surface area contributed by atoms with Crippen molar-refractivity contribution in [2.45, 2.75) is 19.8 Å². The fourth-order valence-electron chi connectivity index (χ4n) is 0.696. The molecule has 1 rings (SSSR count). The van der Waals surface area contributed by atoms with E-state index in [4.69, 9.17) is 9.84 Å². The first kappa shape index (κ1) is 8.17. The number of pyridine rings is 1. The number of hydrogen-bond acceptors (Lipinski definition) is 3. The van der Waals surface area contributed by atoms with E-state index in [2.05, 4.69) is 4.98 Å². The van der Waals surface area contributed by atoms with Gasteiger partial charge in [0, 0.05) is 12.4 Å². The summed E-state index contributed by atoms with van der Waals surface area (Å²) < 4.78 is 4.96. The van der Waals surface area contributed by atoms with Crippen LogP contribution in [0.1, 0.15) is 12.5 Å². The minimum atomic E-state index is -0.705. The molecule has 0 saturated heterocycles. The molecule has 0 aromatic carbocycles. The van der Waals surface area contributed by atoms with E-state index in [0.29, 0.717) is 6.61 Å². The fourth-order valence-corrected chi connectivity index (χ4v) is 0.696. The maximum absolute atomic E-state index is 8.78. The Kier molecular flexibility index (Phi) is 3.01. The Hall–Kier alpha value is -0.930. The fraction of sp³-hybridized carbons (Fsp3) is 0.375. The third kappa shape index (κ3) is 3.11. The molecule has 0 saturated carbocycles. The van der Waals surface area contributed by atoms with Crippen LogP contribution in [0.5, 0.6) is 0 Å². The van der Waals surface area contributed by atoms with Crippen LogP contribution in [0.25, 0.3) is 0 Å². The van der Waals surface area contributed by atoms with E-state index in [-0.39, 0.29) is 0 Å². The van der Waals surface area contributed by atoms with Gasteiger partial charge in [0.05, 0.1) is 6.61 Å². The molecule has 3 heteroatoms. The van der Waals surface area contributed by atoms with E-state index in [1.807, 2.05) is 12.1 Å². The lowest BCUT2D eigenvalue weighted by Gasteiger charge is -2.05. The van der Waals surface area contributed by atoms with Gasteiger partial charge in [-0.3, -0.25) is 4.98 Å². The van der Waals surface area contributed by atoms with Gasteiger partial charge in [-0.2, -0.15) is 0 Å². The lowest BCUT2D eigenvalue weighted by atomic mass is 10.3. The van der Waals surface area contributed by atoms with Gasteiger partial charge in [0.15, 0.2) is 6.29 Å². The van der Waals surface area contributed by atoms with Crippen molar-refractivity contribution in [2.75, 3.05) is 0 Å². The average molecular weight is 153 g/mol. The molecule has 3 nitrogen and oxygen atoms in total. The topological polar surface area (TPSA) is 42.4 Å². The van der Waals surface area contributed by atoms with E-state index in [9.17, 15) is 0 Å². The molecular weight excluding hydrogens is 142 g/mol. The summed E-state index contributed by atoms with van der Waals surface area (Å²) in [6, 6.07) is 3.70. The Morgan fingerprint density at radius 2 is 2.18 bits per heavy atom. The zero-order valence-corrected chi connectivity index (χ0v) is 6.40. The zero-order chi connectivity index (χ0) is 8.10. The van der Waals surface area contributed by atoms with Crippen molar-refractivity contribution in [3.8, 4) is 0 Å². The molecular formula is C8H11NO2. The lowest BCUT2D eigenvalue weighted by molar-refractivity contribution is -0.0939. The van der Waals surface area contributed by atoms with Crippen molar-refractivity contribution in [3.05, 3.63) is 30.1 Å². The highest BCUT2D eigenvalue weighted by Crippen LogP contribution is 1.99. The number of aliphatic hydroxyl groups excluding tert-OH is 1. The smallest absolute Gasteiger partial charge is 0.152 e. The van der Waals surface area contributed by atoms with E-state index in [0.717, 1.165) is 5.56 Å². The zero-order valence-electron chi connectivity index (χ0n) is 6.40. The molecule has 0 bridgehead atoms. The highest BCUT2D eigenvalue weighted by Gasteiger charge is 1.94. The third-order valence-corrected chi connectivity index (χ3v) is 1.24. The Labute approximate surface area is 65.7 Å². The van der Waals surface area contributed by atoms with E-state index in [1.54, 1.807) is 19.3 Å². The van der Waals surface area contributed by atoms with Gasteiger partial charge in [-0.1, -0.05) is 0 Å². The van der Waals surface area contributed by atoms with Crippen molar-refractivity contribution in [1.82, 2.24) is 4.98 Å². The second kappa shape index (κ2) is 4.05. The SMILES string of the molecule is CC(O)OCc1ccncc1. The van der Waals surface area contributed by atoms with E-state index < -0.39 is 6.29 Å². The predicted molar refractivity (Wildman–Crippen MR) is 40.7 cm³/mol. The first-order valence-corrected chi connectivity index (χ1v) is 3.47. The molecule has 0 amide bonds. The van der Waals surface area contributed by atoms with Crippen LogP contribution in [0.4, 0.5) is 0 Å². The molecule has 0 aliphatic heterocycles. The summed E-state index contributed by atoms with van der Waals surface area (Å²) in [6.07, 6.45) is 2.68. The van der Waals surface area contributed by atoms with Crippen LogP contribution in [-0.2, 0) is 11.3 Å². The molecule has 1 aromatic heterocycles. The predicted octanol–water partition coefficient (Wildman–Crippen LogP) is 0.936. The summed E-state index contributed by atoms with van der Waals surface area (Å²) in [6.45, 7) is 2.02. The van der Waals surface area contributed by atoms with Crippen LogP contribution in [0.15, 0.2) is 24.5 Å². The molecule has 60 valence electrons. The van der Waals surface area contributed by atoms with Crippen LogP contribution >= 0.6 is 0 Å². The van der Waals surface area contributed by atoms with Gasteiger partial charge in [0.2, 0.25) is 0 Å². The maximum Gasteiger partial charge on any atom is 0.152 e. The normalized spacial score (nSPS) is 12.9. The van der Waals surface area contributed by atoms with Crippen LogP contribution in [0, 0.1) is 0 Å². The molecule has 0 fully saturated rings. The summed E-state index contributed by atoms with van der Waals surface area (Å²) >= 11 is 0. The number of rotatable bonds is 3. The summed E-state index contributed by atoms with van der Waals surface area (Å²) in [5, 5.41) is 8.78. The monoisotopic (exact) mass is 153 g/mol. The molecule has 1 aromatic rings. The van der Waals surface area contributed by atoms with Crippen molar-refractivity contribution < 1.29 is 9.84 Å². The summed E-state index contributed by atoms with van der Waals surface area (Å²) in [5.41, 5.74) is 1.01. The van der Waals surface area contributed by atoms with Gasteiger partial charge < -0.3 is 9.84 Å². The van der Waals surface area contributed by atoms with Crippen LogP contribution < -0.4 is 0 Å². The number of ether oxygens (including phenoxy) is 1. The molecule has 0 aliphatic rings. The third-order valence-electron chi connectivity index (χ3n) is 1.24.